The van der Waals surface area contributed by atoms with Gasteiger partial charge < -0.3 is 16.3 Å². The van der Waals surface area contributed by atoms with Gasteiger partial charge in [-0.05, 0) is 36.3 Å². The van der Waals surface area contributed by atoms with Crippen molar-refractivity contribution in [1.82, 2.24) is 5.32 Å². The lowest BCUT2D eigenvalue weighted by atomic mass is 9.61. The highest BCUT2D eigenvalue weighted by atomic mass is 16.4. The number of amidine groups is 1. The Morgan fingerprint density at radius 1 is 1.38 bits per heavy atom. The minimum absolute atomic E-state index is 0.0134. The standard InChI is InChI=1S/C16H23N3O2/c1-3-12-4-6-13(7-5-12)10-18-15(20)16(14(17)19-21)8-11(2)9-16/h4-7,11,21H,3,8-10H2,1-2H3,(H2,17,19)(H,18,20). The van der Waals surface area contributed by atoms with Crippen molar-refractivity contribution in [3.63, 3.8) is 0 Å². The molecule has 0 saturated heterocycles. The van der Waals surface area contributed by atoms with E-state index in [-0.39, 0.29) is 11.7 Å². The molecule has 1 aliphatic rings. The SMILES string of the molecule is CCc1ccc(CNC(=O)C2(/C(N)=N/O)CC(C)C2)cc1. The van der Waals surface area contributed by atoms with Crippen LogP contribution in [0.2, 0.25) is 0 Å². The summed E-state index contributed by atoms with van der Waals surface area (Å²) in [5, 5.41) is 14.8. The lowest BCUT2D eigenvalue weighted by Crippen LogP contribution is -2.56. The molecule has 1 amide bonds. The van der Waals surface area contributed by atoms with Gasteiger partial charge in [0.2, 0.25) is 5.91 Å². The number of rotatable bonds is 5. The summed E-state index contributed by atoms with van der Waals surface area (Å²) in [6.07, 6.45) is 2.25. The van der Waals surface area contributed by atoms with Crippen LogP contribution in [0.15, 0.2) is 29.4 Å². The van der Waals surface area contributed by atoms with E-state index in [1.54, 1.807) is 0 Å². The molecule has 4 N–H and O–H groups in total. The molecule has 1 aliphatic carbocycles. The van der Waals surface area contributed by atoms with Gasteiger partial charge in [0.25, 0.3) is 0 Å². The minimum Gasteiger partial charge on any atom is -0.409 e. The molecule has 0 radical (unpaired) electrons. The third-order valence-corrected chi connectivity index (χ3v) is 4.31. The molecule has 1 saturated carbocycles. The van der Waals surface area contributed by atoms with E-state index in [2.05, 4.69) is 36.5 Å². The highest BCUT2D eigenvalue weighted by Crippen LogP contribution is 2.45. The fourth-order valence-corrected chi connectivity index (χ4v) is 2.98. The zero-order chi connectivity index (χ0) is 15.5. The quantitative estimate of drug-likeness (QED) is 0.335. The summed E-state index contributed by atoms with van der Waals surface area (Å²) in [6.45, 7) is 4.62. The molecule has 5 heteroatoms. The van der Waals surface area contributed by atoms with E-state index < -0.39 is 5.41 Å². The third kappa shape index (κ3) is 3.01. The molecule has 0 atom stereocenters. The molecule has 0 unspecified atom stereocenters. The van der Waals surface area contributed by atoms with Gasteiger partial charge in [-0.1, -0.05) is 43.3 Å². The second-order valence-electron chi connectivity index (χ2n) is 5.93. The number of carbonyl (C=O) groups excluding carboxylic acids is 1. The zero-order valence-corrected chi connectivity index (χ0v) is 12.6. The molecule has 0 heterocycles. The van der Waals surface area contributed by atoms with Crippen LogP contribution in [-0.4, -0.2) is 17.0 Å². The topological polar surface area (TPSA) is 87.7 Å². The van der Waals surface area contributed by atoms with Crippen molar-refractivity contribution in [3.05, 3.63) is 35.4 Å². The fourth-order valence-electron chi connectivity index (χ4n) is 2.98. The molecule has 114 valence electrons. The average Bonchev–Trinajstić information content (AvgIpc) is 2.48. The predicted molar refractivity (Wildman–Crippen MR) is 81.9 cm³/mol. The zero-order valence-electron chi connectivity index (χ0n) is 12.6. The Morgan fingerprint density at radius 2 is 1.95 bits per heavy atom. The van der Waals surface area contributed by atoms with Crippen molar-refractivity contribution in [2.45, 2.75) is 39.7 Å². The van der Waals surface area contributed by atoms with Gasteiger partial charge in [0.1, 0.15) is 5.41 Å². The molecule has 21 heavy (non-hydrogen) atoms. The molecule has 5 nitrogen and oxygen atoms in total. The predicted octanol–water partition coefficient (Wildman–Crippen LogP) is 2.03. The summed E-state index contributed by atoms with van der Waals surface area (Å²) in [6, 6.07) is 8.15. The van der Waals surface area contributed by atoms with Crippen molar-refractivity contribution < 1.29 is 10.0 Å². The first-order valence-corrected chi connectivity index (χ1v) is 7.36. The van der Waals surface area contributed by atoms with Gasteiger partial charge in [-0.15, -0.1) is 0 Å². The van der Waals surface area contributed by atoms with Gasteiger partial charge in [0.15, 0.2) is 5.84 Å². The normalized spacial score (nSPS) is 25.2. The van der Waals surface area contributed by atoms with Crippen LogP contribution in [0.3, 0.4) is 0 Å². The summed E-state index contributed by atoms with van der Waals surface area (Å²) in [4.78, 5) is 12.4. The molecule has 1 aromatic rings. The van der Waals surface area contributed by atoms with Crippen LogP contribution in [0.4, 0.5) is 0 Å². The first-order chi connectivity index (χ1) is 10.0. The first-order valence-electron chi connectivity index (χ1n) is 7.36. The highest BCUT2D eigenvalue weighted by Gasteiger charge is 2.52. The van der Waals surface area contributed by atoms with E-state index in [1.807, 2.05) is 12.1 Å². The lowest BCUT2D eigenvalue weighted by molar-refractivity contribution is -0.133. The van der Waals surface area contributed by atoms with Crippen LogP contribution in [0.1, 0.15) is 37.8 Å². The largest absolute Gasteiger partial charge is 0.409 e. The van der Waals surface area contributed by atoms with Gasteiger partial charge in [-0.2, -0.15) is 0 Å². The van der Waals surface area contributed by atoms with E-state index >= 15 is 0 Å². The van der Waals surface area contributed by atoms with Crippen molar-refractivity contribution in [1.29, 1.82) is 0 Å². The minimum atomic E-state index is -0.836. The van der Waals surface area contributed by atoms with Crippen molar-refractivity contribution in [2.75, 3.05) is 0 Å². The Balaban J connectivity index is 1.99. The lowest BCUT2D eigenvalue weighted by Gasteiger charge is -2.43. The molecule has 0 spiro atoms. The van der Waals surface area contributed by atoms with Crippen LogP contribution in [-0.2, 0) is 17.8 Å². The fraction of sp³-hybridized carbons (Fsp3) is 0.500. The summed E-state index contributed by atoms with van der Waals surface area (Å²) < 4.78 is 0. The molecule has 0 aromatic heterocycles. The number of hydrogen-bond donors (Lipinski definition) is 3. The Hall–Kier alpha value is -2.04. The number of benzene rings is 1. The highest BCUT2D eigenvalue weighted by molar-refractivity contribution is 6.07. The second kappa shape index (κ2) is 6.16. The first kappa shape index (κ1) is 15.4. The molecule has 1 aromatic carbocycles. The Morgan fingerprint density at radius 3 is 2.43 bits per heavy atom. The summed E-state index contributed by atoms with van der Waals surface area (Å²) in [7, 11) is 0. The van der Waals surface area contributed by atoms with Gasteiger partial charge in [-0.3, -0.25) is 4.79 Å². The summed E-state index contributed by atoms with van der Waals surface area (Å²) in [5.74, 6) is 0.273. The van der Waals surface area contributed by atoms with Crippen molar-refractivity contribution in [3.8, 4) is 0 Å². The maximum absolute atomic E-state index is 12.4. The number of nitrogens with two attached hydrogens (primary N) is 1. The number of amides is 1. The van der Waals surface area contributed by atoms with Crippen LogP contribution in [0, 0.1) is 11.3 Å². The van der Waals surface area contributed by atoms with E-state index in [4.69, 9.17) is 10.9 Å². The van der Waals surface area contributed by atoms with Crippen molar-refractivity contribution in [2.24, 2.45) is 22.2 Å². The van der Waals surface area contributed by atoms with Crippen LogP contribution in [0.5, 0.6) is 0 Å². The molecule has 2 rings (SSSR count). The number of nitrogens with one attached hydrogen (secondary N) is 1. The molecule has 1 fully saturated rings. The summed E-state index contributed by atoms with van der Waals surface area (Å²) >= 11 is 0. The maximum Gasteiger partial charge on any atom is 0.234 e. The molecular weight excluding hydrogens is 266 g/mol. The van der Waals surface area contributed by atoms with E-state index in [1.165, 1.54) is 5.56 Å². The number of nitrogens with zero attached hydrogens (tertiary/aromatic N) is 1. The van der Waals surface area contributed by atoms with Gasteiger partial charge in [-0.25, -0.2) is 0 Å². The third-order valence-electron chi connectivity index (χ3n) is 4.31. The maximum atomic E-state index is 12.4. The average molecular weight is 289 g/mol. The van der Waals surface area contributed by atoms with Crippen LogP contribution >= 0.6 is 0 Å². The monoisotopic (exact) mass is 289 g/mol. The molecular formula is C16H23N3O2. The Bertz CT molecular complexity index is 531. The summed E-state index contributed by atoms with van der Waals surface area (Å²) in [5.41, 5.74) is 7.20. The van der Waals surface area contributed by atoms with E-state index in [9.17, 15) is 4.79 Å². The molecule has 0 aliphatic heterocycles. The van der Waals surface area contributed by atoms with Gasteiger partial charge in [0.05, 0.1) is 0 Å². The molecule has 0 bridgehead atoms. The van der Waals surface area contributed by atoms with Crippen molar-refractivity contribution >= 4 is 11.7 Å². The van der Waals surface area contributed by atoms with Crippen LogP contribution in [0.25, 0.3) is 0 Å². The van der Waals surface area contributed by atoms with Crippen LogP contribution < -0.4 is 11.1 Å². The Labute approximate surface area is 125 Å². The van der Waals surface area contributed by atoms with Gasteiger partial charge in [0, 0.05) is 6.54 Å². The van der Waals surface area contributed by atoms with E-state index in [0.717, 1.165) is 12.0 Å². The van der Waals surface area contributed by atoms with Gasteiger partial charge >= 0.3 is 0 Å². The second-order valence-corrected chi connectivity index (χ2v) is 5.93. The number of aryl methyl sites for hydroxylation is 1. The number of oxime groups is 1. The van der Waals surface area contributed by atoms with E-state index in [0.29, 0.717) is 25.3 Å². The smallest absolute Gasteiger partial charge is 0.234 e. The number of carbonyl (C=O) groups is 1. The Kier molecular flexibility index (Phi) is 4.50. The number of hydrogen-bond acceptors (Lipinski definition) is 3.